The van der Waals surface area contributed by atoms with Crippen LogP contribution >= 0.6 is 11.3 Å². The second kappa shape index (κ2) is 7.00. The van der Waals surface area contributed by atoms with E-state index in [0.717, 1.165) is 17.6 Å². The number of carbonyl (C=O) groups excluding carboxylic acids is 1. The molecule has 2 aromatic rings. The Labute approximate surface area is 160 Å². The van der Waals surface area contributed by atoms with Gasteiger partial charge in [0, 0.05) is 26.1 Å². The molecule has 12 heteroatoms. The van der Waals surface area contributed by atoms with Crippen molar-refractivity contribution < 1.29 is 21.6 Å². The van der Waals surface area contributed by atoms with Gasteiger partial charge < -0.3 is 4.57 Å². The fourth-order valence-corrected chi connectivity index (χ4v) is 5.94. The van der Waals surface area contributed by atoms with Gasteiger partial charge in [-0.1, -0.05) is 11.3 Å². The number of aryl methyl sites for hydroxylation is 1. The number of nitrogens with one attached hydrogen (secondary N) is 1. The normalized spacial score (nSPS) is 17.3. The summed E-state index contributed by atoms with van der Waals surface area (Å²) >= 11 is 0.926. The number of piperidine rings is 1. The first-order valence-electron chi connectivity index (χ1n) is 8.10. The van der Waals surface area contributed by atoms with Crippen molar-refractivity contribution in [2.45, 2.75) is 17.7 Å². The van der Waals surface area contributed by atoms with Crippen molar-refractivity contribution in [2.75, 3.05) is 19.3 Å². The average molecular weight is 434 g/mol. The van der Waals surface area contributed by atoms with Crippen molar-refractivity contribution in [3.8, 4) is 0 Å². The van der Waals surface area contributed by atoms with Gasteiger partial charge in [-0.2, -0.15) is 0 Å². The number of hydrogen-bond donors (Lipinski definition) is 1. The quantitative estimate of drug-likeness (QED) is 0.728. The molecular weight excluding hydrogens is 414 g/mol. The van der Waals surface area contributed by atoms with E-state index in [-0.39, 0.29) is 35.7 Å². The number of aromatic nitrogens is 1. The third-order valence-corrected chi connectivity index (χ3v) is 8.25. The predicted octanol–water partition coefficient (Wildman–Crippen LogP) is 0.0765. The second-order valence-corrected chi connectivity index (χ2v) is 11.1. The monoisotopic (exact) mass is 433 g/mol. The number of hydrogen-bond acceptors (Lipinski definition) is 7. The average Bonchev–Trinajstić information content (AvgIpc) is 2.88. The number of amides is 1. The molecule has 0 radical (unpaired) electrons. The van der Waals surface area contributed by atoms with E-state index in [4.69, 9.17) is 0 Å². The van der Waals surface area contributed by atoms with E-state index in [9.17, 15) is 26.4 Å². The summed E-state index contributed by atoms with van der Waals surface area (Å²) in [5.74, 6) is -1.22. The lowest BCUT2D eigenvalue weighted by molar-refractivity contribution is -0.124. The molecule has 1 aliphatic rings. The minimum Gasteiger partial charge on any atom is -0.302 e. The zero-order chi connectivity index (χ0) is 20.0. The molecule has 1 N–H and O–H groups in total. The molecular formula is C15H19N3O6S3. The van der Waals surface area contributed by atoms with Crippen molar-refractivity contribution in [3.63, 3.8) is 0 Å². The fourth-order valence-electron chi connectivity index (χ4n) is 3.01. The highest BCUT2D eigenvalue weighted by molar-refractivity contribution is 7.90. The van der Waals surface area contributed by atoms with Gasteiger partial charge in [-0.25, -0.2) is 25.9 Å². The van der Waals surface area contributed by atoms with Gasteiger partial charge in [-0.3, -0.25) is 9.59 Å². The fraction of sp³-hybridized carbons (Fsp3) is 0.467. The van der Waals surface area contributed by atoms with Gasteiger partial charge in [0.2, 0.25) is 15.9 Å². The van der Waals surface area contributed by atoms with E-state index >= 15 is 0 Å². The van der Waals surface area contributed by atoms with Crippen LogP contribution in [0.5, 0.6) is 0 Å². The maximum atomic E-state index is 12.5. The standard InChI is InChI=1S/C15H19N3O6S3/c1-17-12-4-3-11(9-13(12)25-15(17)20)27(23,24)16-14(19)10-5-7-18(8-6-10)26(2,21)22/h3-4,9-10H,5-8H2,1-2H3,(H,16,19). The third kappa shape index (κ3) is 4.08. The number of rotatable bonds is 4. The van der Waals surface area contributed by atoms with Gasteiger partial charge in [0.25, 0.3) is 10.0 Å². The highest BCUT2D eigenvalue weighted by atomic mass is 32.2. The number of carbonyl (C=O) groups is 1. The number of fused-ring (bicyclic) bond motifs is 1. The van der Waals surface area contributed by atoms with Gasteiger partial charge in [0.1, 0.15) is 0 Å². The van der Waals surface area contributed by atoms with Crippen molar-refractivity contribution in [3.05, 3.63) is 27.9 Å². The number of benzene rings is 1. The molecule has 27 heavy (non-hydrogen) atoms. The van der Waals surface area contributed by atoms with Crippen molar-refractivity contribution in [1.82, 2.24) is 13.6 Å². The van der Waals surface area contributed by atoms with Crippen LogP contribution in [0.4, 0.5) is 0 Å². The number of sulfonamides is 2. The Hall–Kier alpha value is -1.76. The second-order valence-electron chi connectivity index (χ2n) is 6.46. The molecule has 1 fully saturated rings. The Morgan fingerprint density at radius 1 is 1.19 bits per heavy atom. The summed E-state index contributed by atoms with van der Waals surface area (Å²) in [6.07, 6.45) is 1.62. The van der Waals surface area contributed by atoms with Crippen LogP contribution in [0.25, 0.3) is 10.2 Å². The molecule has 2 heterocycles. The summed E-state index contributed by atoms with van der Waals surface area (Å²) in [6.45, 7) is 0.363. The molecule has 1 saturated heterocycles. The summed E-state index contributed by atoms with van der Waals surface area (Å²) in [7, 11) is -5.80. The Kier molecular flexibility index (Phi) is 5.18. The molecule has 0 spiro atoms. The molecule has 1 aromatic heterocycles. The molecule has 1 aromatic carbocycles. The first-order chi connectivity index (χ1) is 12.5. The van der Waals surface area contributed by atoms with Gasteiger partial charge in [-0.05, 0) is 31.0 Å². The van der Waals surface area contributed by atoms with Gasteiger partial charge in [0.15, 0.2) is 0 Å². The highest BCUT2D eigenvalue weighted by Gasteiger charge is 2.31. The Balaban J connectivity index is 1.75. The van der Waals surface area contributed by atoms with Crippen LogP contribution in [0.2, 0.25) is 0 Å². The molecule has 1 amide bonds. The van der Waals surface area contributed by atoms with E-state index in [2.05, 4.69) is 4.72 Å². The summed E-state index contributed by atoms with van der Waals surface area (Å²) in [4.78, 5) is 23.7. The highest BCUT2D eigenvalue weighted by Crippen LogP contribution is 2.23. The van der Waals surface area contributed by atoms with Crippen LogP contribution < -0.4 is 9.60 Å². The summed E-state index contributed by atoms with van der Waals surface area (Å²) in [6, 6.07) is 4.23. The van der Waals surface area contributed by atoms with E-state index in [0.29, 0.717) is 10.2 Å². The minimum atomic E-state index is -4.08. The molecule has 0 aliphatic carbocycles. The molecule has 0 saturated carbocycles. The molecule has 148 valence electrons. The lowest BCUT2D eigenvalue weighted by Crippen LogP contribution is -2.43. The van der Waals surface area contributed by atoms with Gasteiger partial charge in [-0.15, -0.1) is 0 Å². The molecule has 3 rings (SSSR count). The summed E-state index contributed by atoms with van der Waals surface area (Å²) < 4.78 is 53.4. The van der Waals surface area contributed by atoms with Crippen LogP contribution in [0.15, 0.2) is 27.9 Å². The lowest BCUT2D eigenvalue weighted by Gasteiger charge is -2.29. The molecule has 0 unspecified atom stereocenters. The van der Waals surface area contributed by atoms with Gasteiger partial charge in [0.05, 0.1) is 21.4 Å². The van der Waals surface area contributed by atoms with E-state index < -0.39 is 31.9 Å². The summed E-state index contributed by atoms with van der Waals surface area (Å²) in [5.41, 5.74) is 0.614. The van der Waals surface area contributed by atoms with Crippen molar-refractivity contribution >= 4 is 47.5 Å². The smallest absolute Gasteiger partial charge is 0.302 e. The SMILES string of the molecule is Cn1c(=O)sc2cc(S(=O)(=O)NC(=O)C3CCN(S(C)(=O)=O)CC3)ccc21. The molecule has 0 atom stereocenters. The third-order valence-electron chi connectivity index (χ3n) is 4.60. The van der Waals surface area contributed by atoms with E-state index in [1.807, 2.05) is 0 Å². The topological polar surface area (TPSA) is 123 Å². The Morgan fingerprint density at radius 3 is 2.41 bits per heavy atom. The predicted molar refractivity (Wildman–Crippen MR) is 102 cm³/mol. The van der Waals surface area contributed by atoms with Gasteiger partial charge >= 0.3 is 4.87 Å². The number of nitrogens with zero attached hydrogens (tertiary/aromatic N) is 2. The van der Waals surface area contributed by atoms with Crippen LogP contribution in [0.1, 0.15) is 12.8 Å². The lowest BCUT2D eigenvalue weighted by atomic mass is 9.98. The van der Waals surface area contributed by atoms with Crippen LogP contribution in [-0.2, 0) is 31.9 Å². The van der Waals surface area contributed by atoms with Crippen LogP contribution in [0, 0.1) is 5.92 Å². The Bertz CT molecular complexity index is 1160. The maximum absolute atomic E-state index is 12.5. The summed E-state index contributed by atoms with van der Waals surface area (Å²) in [5, 5.41) is 0. The van der Waals surface area contributed by atoms with E-state index in [1.165, 1.54) is 27.1 Å². The first-order valence-corrected chi connectivity index (χ1v) is 12.3. The van der Waals surface area contributed by atoms with Crippen LogP contribution in [0.3, 0.4) is 0 Å². The van der Waals surface area contributed by atoms with Crippen molar-refractivity contribution in [1.29, 1.82) is 0 Å². The van der Waals surface area contributed by atoms with E-state index in [1.54, 1.807) is 7.05 Å². The molecule has 0 bridgehead atoms. The largest absolute Gasteiger partial charge is 0.307 e. The maximum Gasteiger partial charge on any atom is 0.307 e. The zero-order valence-corrected chi connectivity index (χ0v) is 17.2. The zero-order valence-electron chi connectivity index (χ0n) is 14.7. The minimum absolute atomic E-state index is 0.0984. The van der Waals surface area contributed by atoms with Crippen molar-refractivity contribution in [2.24, 2.45) is 13.0 Å². The molecule has 9 nitrogen and oxygen atoms in total. The number of thiazole rings is 1. The molecule has 1 aliphatic heterocycles. The first kappa shape index (κ1) is 20.0. The Morgan fingerprint density at radius 2 is 1.81 bits per heavy atom. The van der Waals surface area contributed by atoms with Crippen LogP contribution in [-0.4, -0.2) is 51.0 Å².